The molecular formula is C17H14ClF3N4OS2. The average molecular weight is 447 g/mol. The van der Waals surface area contributed by atoms with Gasteiger partial charge in [-0.1, -0.05) is 18.5 Å². The van der Waals surface area contributed by atoms with E-state index in [4.69, 9.17) is 11.6 Å². The van der Waals surface area contributed by atoms with Gasteiger partial charge in [0.1, 0.15) is 12.2 Å². The zero-order valence-electron chi connectivity index (χ0n) is 14.5. The van der Waals surface area contributed by atoms with Crippen LogP contribution in [0.4, 0.5) is 13.2 Å². The molecule has 28 heavy (non-hydrogen) atoms. The van der Waals surface area contributed by atoms with E-state index in [1.54, 1.807) is 10.9 Å². The number of Topliss-reactive ketones (excluding diaryl/α,β-unsaturated/α-hetero) is 1. The molecule has 0 aliphatic heterocycles. The second-order valence-electron chi connectivity index (χ2n) is 5.93. The molecule has 0 fully saturated rings. The van der Waals surface area contributed by atoms with Crippen molar-refractivity contribution in [1.82, 2.24) is 19.7 Å². The van der Waals surface area contributed by atoms with Crippen molar-refractivity contribution in [1.29, 1.82) is 0 Å². The van der Waals surface area contributed by atoms with E-state index in [0.29, 0.717) is 17.4 Å². The molecule has 1 aromatic carbocycles. The van der Waals surface area contributed by atoms with Gasteiger partial charge < -0.3 is 0 Å². The predicted molar refractivity (Wildman–Crippen MR) is 102 cm³/mol. The highest BCUT2D eigenvalue weighted by atomic mass is 35.5. The van der Waals surface area contributed by atoms with Gasteiger partial charge in [-0.2, -0.15) is 23.0 Å². The highest BCUT2D eigenvalue weighted by Gasteiger charge is 2.29. The standard InChI is InChI=1S/C17H14ClF3N4OS2/c1-10(15-23-9-24-25(15)16-22-4-5-27-16)2-3-14(26)11-6-12(18)8-13(7-11)28-17(19,20)21/h4-10H,2-3H2,1H3. The normalized spacial score (nSPS) is 12.9. The minimum atomic E-state index is -4.45. The van der Waals surface area contributed by atoms with Gasteiger partial charge in [0.15, 0.2) is 5.78 Å². The molecule has 0 aliphatic carbocycles. The minimum absolute atomic E-state index is 0.0918. The Morgan fingerprint density at radius 1 is 1.32 bits per heavy atom. The predicted octanol–water partition coefficient (Wildman–Crippen LogP) is 5.76. The summed E-state index contributed by atoms with van der Waals surface area (Å²) in [5.41, 5.74) is -4.28. The zero-order valence-corrected chi connectivity index (χ0v) is 16.9. The Balaban J connectivity index is 1.69. The molecule has 0 N–H and O–H groups in total. The van der Waals surface area contributed by atoms with Gasteiger partial charge >= 0.3 is 5.51 Å². The number of hydrogen-bond donors (Lipinski definition) is 0. The Bertz CT molecular complexity index is 960. The number of thioether (sulfide) groups is 1. The van der Waals surface area contributed by atoms with E-state index in [1.807, 2.05) is 12.3 Å². The summed E-state index contributed by atoms with van der Waals surface area (Å²) >= 11 is 7.00. The smallest absolute Gasteiger partial charge is 0.294 e. The molecule has 0 bridgehead atoms. The first-order chi connectivity index (χ1) is 13.2. The summed E-state index contributed by atoms with van der Waals surface area (Å²) in [6, 6.07) is 3.79. The maximum absolute atomic E-state index is 12.6. The number of rotatable bonds is 7. The van der Waals surface area contributed by atoms with Crippen molar-refractivity contribution in [3.63, 3.8) is 0 Å². The van der Waals surface area contributed by atoms with Crippen LogP contribution in [0, 0.1) is 0 Å². The molecular weight excluding hydrogens is 433 g/mol. The maximum atomic E-state index is 12.6. The van der Waals surface area contributed by atoms with E-state index in [2.05, 4.69) is 15.1 Å². The van der Waals surface area contributed by atoms with Gasteiger partial charge in [0.05, 0.1) is 0 Å². The van der Waals surface area contributed by atoms with Gasteiger partial charge in [0.2, 0.25) is 5.13 Å². The van der Waals surface area contributed by atoms with Crippen LogP contribution in [0.25, 0.3) is 5.13 Å². The van der Waals surface area contributed by atoms with E-state index >= 15 is 0 Å². The van der Waals surface area contributed by atoms with Crippen LogP contribution < -0.4 is 0 Å². The van der Waals surface area contributed by atoms with Crippen molar-refractivity contribution >= 4 is 40.5 Å². The molecule has 2 heterocycles. The van der Waals surface area contributed by atoms with Crippen molar-refractivity contribution in [2.45, 2.75) is 36.1 Å². The fourth-order valence-corrected chi connectivity index (χ4v) is 4.14. The first-order valence-corrected chi connectivity index (χ1v) is 10.2. The fourth-order valence-electron chi connectivity index (χ4n) is 2.59. The number of carbonyl (C=O) groups is 1. The molecule has 0 spiro atoms. The Hall–Kier alpha value is -1.91. The van der Waals surface area contributed by atoms with Gasteiger partial charge in [-0.15, -0.1) is 11.3 Å². The summed E-state index contributed by atoms with van der Waals surface area (Å²) in [5, 5.41) is 6.76. The SMILES string of the molecule is CC(CCC(=O)c1cc(Cl)cc(SC(F)(F)F)c1)c1ncnn1-c1nccs1. The Kier molecular flexibility index (Phi) is 6.41. The van der Waals surface area contributed by atoms with Crippen LogP contribution in [0.2, 0.25) is 5.02 Å². The van der Waals surface area contributed by atoms with Gasteiger partial charge in [0.25, 0.3) is 0 Å². The van der Waals surface area contributed by atoms with Crippen molar-refractivity contribution in [2.24, 2.45) is 0 Å². The number of benzene rings is 1. The summed E-state index contributed by atoms with van der Waals surface area (Å²) in [7, 11) is 0. The second kappa shape index (κ2) is 8.62. The molecule has 0 saturated carbocycles. The van der Waals surface area contributed by atoms with Gasteiger partial charge in [-0.25, -0.2) is 9.97 Å². The number of nitrogens with zero attached hydrogens (tertiary/aromatic N) is 4. The molecule has 1 atom stereocenters. The maximum Gasteiger partial charge on any atom is 0.446 e. The molecule has 3 aromatic rings. The third kappa shape index (κ3) is 5.33. The third-order valence-corrected chi connectivity index (χ3v) is 5.51. The Morgan fingerprint density at radius 3 is 2.79 bits per heavy atom. The first-order valence-electron chi connectivity index (χ1n) is 8.12. The van der Waals surface area contributed by atoms with Gasteiger partial charge in [-0.3, -0.25) is 4.79 Å². The molecule has 0 saturated heterocycles. The number of halogens is 4. The van der Waals surface area contributed by atoms with Crippen LogP contribution in [0.5, 0.6) is 0 Å². The number of alkyl halides is 3. The minimum Gasteiger partial charge on any atom is -0.294 e. The van der Waals surface area contributed by atoms with Crippen LogP contribution in [0.1, 0.15) is 41.9 Å². The fraction of sp³-hybridized carbons (Fsp3) is 0.294. The quantitative estimate of drug-likeness (QED) is 0.341. The van der Waals surface area contributed by atoms with Crippen LogP contribution in [-0.4, -0.2) is 31.0 Å². The average Bonchev–Trinajstić information content (AvgIpc) is 3.27. The number of thiazole rings is 1. The van der Waals surface area contributed by atoms with Crippen LogP contribution in [0.3, 0.4) is 0 Å². The van der Waals surface area contributed by atoms with Crippen LogP contribution in [0.15, 0.2) is 41.0 Å². The summed E-state index contributed by atoms with van der Waals surface area (Å²) in [6.07, 6.45) is 3.68. The lowest BCUT2D eigenvalue weighted by Gasteiger charge is -2.12. The summed E-state index contributed by atoms with van der Waals surface area (Å²) in [5.74, 6) is 0.291. The van der Waals surface area contributed by atoms with E-state index in [-0.39, 0.29) is 45.4 Å². The van der Waals surface area contributed by atoms with Gasteiger partial charge in [0, 0.05) is 39.4 Å². The van der Waals surface area contributed by atoms with Crippen molar-refractivity contribution in [2.75, 3.05) is 0 Å². The first kappa shape index (κ1) is 20.8. The van der Waals surface area contributed by atoms with Crippen molar-refractivity contribution in [3.05, 3.63) is 52.5 Å². The Labute approximate surface area is 172 Å². The molecule has 0 radical (unpaired) electrons. The van der Waals surface area contributed by atoms with Crippen molar-refractivity contribution < 1.29 is 18.0 Å². The number of carbonyl (C=O) groups excluding carboxylic acids is 1. The highest BCUT2D eigenvalue weighted by molar-refractivity contribution is 8.00. The molecule has 2 aromatic heterocycles. The molecule has 5 nitrogen and oxygen atoms in total. The molecule has 0 amide bonds. The van der Waals surface area contributed by atoms with E-state index < -0.39 is 5.51 Å². The van der Waals surface area contributed by atoms with Crippen molar-refractivity contribution in [3.8, 4) is 5.13 Å². The summed E-state index contributed by atoms with van der Waals surface area (Å²) in [4.78, 5) is 20.8. The molecule has 1 unspecified atom stereocenters. The lowest BCUT2D eigenvalue weighted by atomic mass is 9.99. The lowest BCUT2D eigenvalue weighted by molar-refractivity contribution is -0.0328. The molecule has 3 rings (SSSR count). The molecule has 11 heteroatoms. The highest BCUT2D eigenvalue weighted by Crippen LogP contribution is 2.38. The lowest BCUT2D eigenvalue weighted by Crippen LogP contribution is -2.09. The topological polar surface area (TPSA) is 60.7 Å². The number of ketones is 1. The van der Waals surface area contributed by atoms with Crippen LogP contribution in [-0.2, 0) is 0 Å². The second-order valence-corrected chi connectivity index (χ2v) is 8.38. The molecule has 0 aliphatic rings. The molecule has 148 valence electrons. The van der Waals surface area contributed by atoms with Crippen LogP contribution >= 0.6 is 34.7 Å². The monoisotopic (exact) mass is 446 g/mol. The largest absolute Gasteiger partial charge is 0.446 e. The van der Waals surface area contributed by atoms with Gasteiger partial charge in [-0.05, 0) is 36.4 Å². The van der Waals surface area contributed by atoms with E-state index in [9.17, 15) is 18.0 Å². The zero-order chi connectivity index (χ0) is 20.3. The van der Waals surface area contributed by atoms with E-state index in [1.165, 1.54) is 35.9 Å². The Morgan fingerprint density at radius 2 is 2.11 bits per heavy atom. The third-order valence-electron chi connectivity index (χ3n) is 3.85. The van der Waals surface area contributed by atoms with E-state index in [0.717, 1.165) is 0 Å². The number of hydrogen-bond acceptors (Lipinski definition) is 6. The summed E-state index contributed by atoms with van der Waals surface area (Å²) < 4.78 is 39.4. The summed E-state index contributed by atoms with van der Waals surface area (Å²) in [6.45, 7) is 1.91. The number of aromatic nitrogens is 4.